The van der Waals surface area contributed by atoms with Gasteiger partial charge >= 0.3 is 11.3 Å². The Morgan fingerprint density at radius 2 is 1.95 bits per heavy atom. The van der Waals surface area contributed by atoms with Crippen molar-refractivity contribution >= 4 is 16.5 Å². The van der Waals surface area contributed by atoms with Gasteiger partial charge in [0.05, 0.1) is 6.54 Å². The molecule has 1 aromatic rings. The Morgan fingerprint density at radius 1 is 1.33 bits per heavy atom. The van der Waals surface area contributed by atoms with E-state index in [4.69, 9.17) is 0 Å². The number of aromatic nitrogens is 2. The number of quaternary nitrogens is 1. The van der Waals surface area contributed by atoms with Crippen LogP contribution in [0.5, 0.6) is 0 Å². The summed E-state index contributed by atoms with van der Waals surface area (Å²) in [4.78, 5) is 1.77. The summed E-state index contributed by atoms with van der Waals surface area (Å²) in [6, 6.07) is 0. The molecule has 120 valence electrons. The van der Waals surface area contributed by atoms with Crippen LogP contribution in [0.1, 0.15) is 25.8 Å². The van der Waals surface area contributed by atoms with Gasteiger partial charge in [-0.1, -0.05) is 5.10 Å². The fourth-order valence-corrected chi connectivity index (χ4v) is 3.06. The number of nitrogens with zero attached hydrogens (tertiary/aromatic N) is 4. The molecule has 1 aliphatic heterocycles. The van der Waals surface area contributed by atoms with Crippen LogP contribution in [0.25, 0.3) is 0 Å². The first-order valence-corrected chi connectivity index (χ1v) is 7.20. The zero-order valence-electron chi connectivity index (χ0n) is 12.2. The molecular weight excluding hydrogens is 307 g/mol. The largest absolute Gasteiger partial charge is 0.623 e. The molecule has 0 bridgehead atoms. The maximum atomic E-state index is 13.0. The van der Waals surface area contributed by atoms with Gasteiger partial charge < -0.3 is 5.21 Å². The van der Waals surface area contributed by atoms with E-state index in [1.807, 2.05) is 20.8 Å². The molecule has 1 fully saturated rings. The summed E-state index contributed by atoms with van der Waals surface area (Å²) in [5.74, 6) is 0. The molecule has 0 radical (unpaired) electrons. The molecule has 1 N–H and O–H groups in total. The second-order valence-electron chi connectivity index (χ2n) is 6.27. The van der Waals surface area contributed by atoms with Crippen molar-refractivity contribution in [3.8, 4) is 0 Å². The normalized spacial score (nSPS) is 28.3. The first kappa shape index (κ1) is 16.6. The van der Waals surface area contributed by atoms with Crippen LogP contribution in [-0.2, 0) is 6.18 Å². The summed E-state index contributed by atoms with van der Waals surface area (Å²) in [5.41, 5.74) is -0.332. The predicted molar refractivity (Wildman–Crippen MR) is 74.2 cm³/mol. The lowest BCUT2D eigenvalue weighted by Crippen LogP contribution is -2.60. The SMILES string of the molecule is CN1CC(NC(C)(C)C)[N+]([O-])(c2nnc(C(F)(F)F)s2)C1. The third-order valence-electron chi connectivity index (χ3n) is 3.02. The van der Waals surface area contributed by atoms with Crippen molar-refractivity contribution in [2.24, 2.45) is 0 Å². The maximum Gasteiger partial charge on any atom is 0.445 e. The standard InChI is InChI=1S/C11H18F3N5OS/c1-10(2,3)15-7-5-18(4)6-19(7,20)9-17-16-8(21-9)11(12,13)14/h7,15H,5-6H2,1-4H3. The molecule has 1 aliphatic rings. The molecule has 1 saturated heterocycles. The van der Waals surface area contributed by atoms with E-state index in [2.05, 4.69) is 15.5 Å². The number of hydroxylamine groups is 2. The lowest BCUT2D eigenvalue weighted by atomic mass is 10.1. The number of likely N-dealkylation sites (N-methyl/N-ethyl adjacent to an activating group) is 1. The van der Waals surface area contributed by atoms with Crippen molar-refractivity contribution in [1.82, 2.24) is 25.1 Å². The van der Waals surface area contributed by atoms with Crippen LogP contribution in [0.15, 0.2) is 0 Å². The van der Waals surface area contributed by atoms with Crippen LogP contribution in [0.2, 0.25) is 0 Å². The number of halogens is 3. The van der Waals surface area contributed by atoms with Crippen LogP contribution in [-0.4, -0.2) is 47.1 Å². The molecule has 2 heterocycles. The van der Waals surface area contributed by atoms with E-state index in [-0.39, 0.29) is 17.3 Å². The molecule has 2 unspecified atom stereocenters. The summed E-state index contributed by atoms with van der Waals surface area (Å²) >= 11 is 0.314. The quantitative estimate of drug-likeness (QED) is 0.665. The summed E-state index contributed by atoms with van der Waals surface area (Å²) in [6.07, 6.45) is -5.16. The highest BCUT2D eigenvalue weighted by Gasteiger charge is 2.46. The lowest BCUT2D eigenvalue weighted by molar-refractivity contribution is -0.138. The minimum absolute atomic E-state index is 0.0419. The van der Waals surface area contributed by atoms with Gasteiger partial charge in [-0.05, 0) is 39.2 Å². The van der Waals surface area contributed by atoms with Crippen molar-refractivity contribution in [1.29, 1.82) is 0 Å². The van der Waals surface area contributed by atoms with Crippen LogP contribution in [0.3, 0.4) is 0 Å². The van der Waals surface area contributed by atoms with Crippen LogP contribution >= 0.6 is 11.3 Å². The molecule has 6 nitrogen and oxygen atoms in total. The summed E-state index contributed by atoms with van der Waals surface area (Å²) in [6.45, 7) is 6.17. The molecule has 2 atom stereocenters. The molecule has 0 aliphatic carbocycles. The summed E-state index contributed by atoms with van der Waals surface area (Å²) < 4.78 is 36.9. The Labute approximate surface area is 124 Å². The van der Waals surface area contributed by atoms with Gasteiger partial charge in [0.15, 0.2) is 6.17 Å². The van der Waals surface area contributed by atoms with Gasteiger partial charge in [0.1, 0.15) is 6.67 Å². The summed E-state index contributed by atoms with van der Waals surface area (Å²) in [5, 5.41) is 21.5. The second-order valence-corrected chi connectivity index (χ2v) is 7.23. The number of hydrogen-bond acceptors (Lipinski definition) is 6. The van der Waals surface area contributed by atoms with Gasteiger partial charge in [0, 0.05) is 5.54 Å². The Kier molecular flexibility index (Phi) is 4.04. The summed E-state index contributed by atoms with van der Waals surface area (Å²) in [7, 11) is 1.75. The fraction of sp³-hybridized carbons (Fsp3) is 0.818. The zero-order chi connectivity index (χ0) is 16.1. The second kappa shape index (κ2) is 5.13. The van der Waals surface area contributed by atoms with E-state index in [0.29, 0.717) is 17.9 Å². The first-order chi connectivity index (χ1) is 9.42. The lowest BCUT2D eigenvalue weighted by Gasteiger charge is -2.42. The van der Waals surface area contributed by atoms with E-state index in [1.54, 1.807) is 11.9 Å². The third-order valence-corrected chi connectivity index (χ3v) is 4.10. The van der Waals surface area contributed by atoms with Crippen molar-refractivity contribution < 1.29 is 13.2 Å². The minimum atomic E-state index is -4.58. The molecule has 0 aromatic carbocycles. The molecule has 21 heavy (non-hydrogen) atoms. The number of alkyl halides is 3. The number of rotatable bonds is 2. The average molecular weight is 325 g/mol. The number of hydrogen-bond donors (Lipinski definition) is 1. The van der Waals surface area contributed by atoms with Crippen LogP contribution < -0.4 is 9.96 Å². The first-order valence-electron chi connectivity index (χ1n) is 6.38. The van der Waals surface area contributed by atoms with E-state index < -0.39 is 22.0 Å². The molecular formula is C11H18F3N5OS. The van der Waals surface area contributed by atoms with E-state index in [9.17, 15) is 18.4 Å². The van der Waals surface area contributed by atoms with E-state index in [1.165, 1.54) is 0 Å². The van der Waals surface area contributed by atoms with Crippen molar-refractivity contribution in [3.05, 3.63) is 10.2 Å². The predicted octanol–water partition coefficient (Wildman–Crippen LogP) is 1.98. The van der Waals surface area contributed by atoms with Gasteiger partial charge in [-0.3, -0.25) is 14.9 Å². The highest BCUT2D eigenvalue weighted by Crippen LogP contribution is 2.38. The van der Waals surface area contributed by atoms with Crippen LogP contribution in [0, 0.1) is 5.21 Å². The highest BCUT2D eigenvalue weighted by molar-refractivity contribution is 7.15. The van der Waals surface area contributed by atoms with Gasteiger partial charge in [0.2, 0.25) is 5.01 Å². The van der Waals surface area contributed by atoms with Crippen molar-refractivity contribution in [2.75, 3.05) is 20.3 Å². The highest BCUT2D eigenvalue weighted by atomic mass is 32.1. The Morgan fingerprint density at radius 3 is 2.43 bits per heavy atom. The maximum absolute atomic E-state index is 13.0. The minimum Gasteiger partial charge on any atom is -0.623 e. The Bertz CT molecular complexity index is 515. The fourth-order valence-electron chi connectivity index (χ4n) is 2.27. The van der Waals surface area contributed by atoms with Gasteiger partial charge in [-0.2, -0.15) is 13.2 Å². The van der Waals surface area contributed by atoms with Gasteiger partial charge in [-0.15, -0.1) is 5.10 Å². The van der Waals surface area contributed by atoms with Gasteiger partial charge in [-0.25, -0.2) is 0 Å². The number of nitrogens with one attached hydrogen (secondary N) is 1. The molecule has 0 spiro atoms. The zero-order valence-corrected chi connectivity index (χ0v) is 13.0. The molecule has 2 rings (SSSR count). The van der Waals surface area contributed by atoms with Crippen molar-refractivity contribution in [2.45, 2.75) is 38.7 Å². The molecule has 0 saturated carbocycles. The smallest absolute Gasteiger partial charge is 0.445 e. The molecule has 1 aromatic heterocycles. The molecule has 0 amide bonds. The van der Waals surface area contributed by atoms with Crippen molar-refractivity contribution in [3.63, 3.8) is 0 Å². The van der Waals surface area contributed by atoms with Crippen LogP contribution in [0.4, 0.5) is 18.3 Å². The topological polar surface area (TPSA) is 64.1 Å². The Balaban J connectivity index is 2.32. The average Bonchev–Trinajstić information content (AvgIpc) is 2.82. The van der Waals surface area contributed by atoms with E-state index >= 15 is 0 Å². The van der Waals surface area contributed by atoms with E-state index in [0.717, 1.165) is 0 Å². The Hall–Kier alpha value is -0.810. The monoisotopic (exact) mass is 325 g/mol. The third kappa shape index (κ3) is 3.51. The molecule has 10 heteroatoms. The van der Waals surface area contributed by atoms with Gasteiger partial charge in [0.25, 0.3) is 0 Å².